The third-order valence-electron chi connectivity index (χ3n) is 11.6. The average Bonchev–Trinajstić information content (AvgIpc) is 3.17. The third-order valence-corrected chi connectivity index (χ3v) is 11.6. The van der Waals surface area contributed by atoms with E-state index in [4.69, 9.17) is 18.9 Å². The zero-order valence-corrected chi connectivity index (χ0v) is 25.5. The summed E-state index contributed by atoms with van der Waals surface area (Å²) >= 11 is 0. The molecule has 1 aromatic carbocycles. The van der Waals surface area contributed by atoms with Gasteiger partial charge in [-0.2, -0.15) is 0 Å². The molecule has 3 saturated carbocycles. The lowest BCUT2D eigenvalue weighted by Gasteiger charge is -2.68. The van der Waals surface area contributed by atoms with Crippen LogP contribution in [0.3, 0.4) is 0 Å². The first-order chi connectivity index (χ1) is 19.7. The second-order valence-corrected chi connectivity index (χ2v) is 14.0. The number of hydrogen-bond donors (Lipinski definition) is 2. The Kier molecular flexibility index (Phi) is 6.86. The van der Waals surface area contributed by atoms with Crippen LogP contribution in [-0.4, -0.2) is 64.1 Å². The fraction of sp³-hybridized carbons (Fsp3) is 0.647. The van der Waals surface area contributed by atoms with Gasteiger partial charge in [-0.1, -0.05) is 44.2 Å². The maximum absolute atomic E-state index is 14.0. The molecule has 5 aliphatic rings. The van der Waals surface area contributed by atoms with E-state index in [1.54, 1.807) is 44.2 Å². The van der Waals surface area contributed by atoms with E-state index in [1.807, 2.05) is 13.0 Å². The highest BCUT2D eigenvalue weighted by molar-refractivity contribution is 5.89. The Bertz CT molecular complexity index is 1310. The van der Waals surface area contributed by atoms with Crippen molar-refractivity contribution >= 4 is 11.9 Å². The minimum absolute atomic E-state index is 0.0290. The van der Waals surface area contributed by atoms with Crippen molar-refractivity contribution in [2.75, 3.05) is 0 Å². The van der Waals surface area contributed by atoms with Crippen molar-refractivity contribution in [1.29, 1.82) is 0 Å². The molecule has 1 heterocycles. The van der Waals surface area contributed by atoms with E-state index >= 15 is 0 Å². The fourth-order valence-electron chi connectivity index (χ4n) is 9.89. The average molecular weight is 581 g/mol. The van der Waals surface area contributed by atoms with Crippen LogP contribution in [0, 0.1) is 28.6 Å². The topological polar surface area (TPSA) is 112 Å². The number of carbonyl (C=O) groups is 2. The number of ether oxygens (including phenoxy) is 4. The first kappa shape index (κ1) is 29.5. The van der Waals surface area contributed by atoms with Crippen LogP contribution in [0.25, 0.3) is 0 Å². The molecule has 2 N–H and O–H groups in total. The summed E-state index contributed by atoms with van der Waals surface area (Å²) in [5.41, 5.74) is -2.41. The van der Waals surface area contributed by atoms with Crippen LogP contribution in [0.1, 0.15) is 77.6 Å². The number of aliphatic hydroxyl groups is 2. The van der Waals surface area contributed by atoms with Crippen molar-refractivity contribution in [2.24, 2.45) is 28.6 Å². The molecule has 6 rings (SSSR count). The summed E-state index contributed by atoms with van der Waals surface area (Å²) in [6.45, 7) is 14.9. The van der Waals surface area contributed by atoms with Gasteiger partial charge in [-0.05, 0) is 70.2 Å². The van der Waals surface area contributed by atoms with E-state index in [1.165, 1.54) is 6.92 Å². The van der Waals surface area contributed by atoms with Crippen molar-refractivity contribution < 1.29 is 38.7 Å². The number of esters is 2. The molecule has 228 valence electrons. The molecule has 4 fully saturated rings. The Morgan fingerprint density at radius 1 is 1.19 bits per heavy atom. The summed E-state index contributed by atoms with van der Waals surface area (Å²) in [5, 5.41) is 23.7. The lowest BCUT2D eigenvalue weighted by Crippen LogP contribution is -2.75. The Morgan fingerprint density at radius 2 is 1.88 bits per heavy atom. The molecule has 0 aromatic heterocycles. The summed E-state index contributed by atoms with van der Waals surface area (Å²) in [5.74, 6) is -1.85. The number of carbonyl (C=O) groups excluding carboxylic acids is 2. The SMILES string of the molecule is C=C[C@@H]1OC2[C@@H](C)C3=C(C)[C@@H](O)C[C@@]3(C(C)(C)O)[C@@H](OC(=O)c3ccccc3)[C@@H]3[C@]4(OC(C)=O)CC[C@@H]4C[C@H](O1)[C@@]23C. The Morgan fingerprint density at radius 3 is 2.45 bits per heavy atom. The third kappa shape index (κ3) is 3.81. The maximum atomic E-state index is 14.0. The summed E-state index contributed by atoms with van der Waals surface area (Å²) in [4.78, 5) is 26.8. The number of aliphatic hydroxyl groups excluding tert-OH is 1. The van der Waals surface area contributed by atoms with Gasteiger partial charge in [0.1, 0.15) is 11.7 Å². The maximum Gasteiger partial charge on any atom is 0.338 e. The first-order valence-corrected chi connectivity index (χ1v) is 15.2. The molecular weight excluding hydrogens is 536 g/mol. The van der Waals surface area contributed by atoms with Gasteiger partial charge in [0, 0.05) is 30.1 Å². The summed E-state index contributed by atoms with van der Waals surface area (Å²) in [7, 11) is 0. The quantitative estimate of drug-likeness (QED) is 0.380. The van der Waals surface area contributed by atoms with Gasteiger partial charge in [-0.25, -0.2) is 4.79 Å². The van der Waals surface area contributed by atoms with Gasteiger partial charge in [-0.15, -0.1) is 0 Å². The minimum atomic E-state index is -1.44. The van der Waals surface area contributed by atoms with Gasteiger partial charge in [0.2, 0.25) is 0 Å². The molecule has 0 amide bonds. The predicted molar refractivity (Wildman–Crippen MR) is 154 cm³/mol. The molecule has 0 radical (unpaired) electrons. The van der Waals surface area contributed by atoms with E-state index in [0.717, 1.165) is 17.6 Å². The monoisotopic (exact) mass is 580 g/mol. The van der Waals surface area contributed by atoms with E-state index < -0.39 is 64.5 Å². The van der Waals surface area contributed by atoms with Crippen LogP contribution in [0.2, 0.25) is 0 Å². The van der Waals surface area contributed by atoms with E-state index in [2.05, 4.69) is 20.4 Å². The molecule has 42 heavy (non-hydrogen) atoms. The number of hydrogen-bond acceptors (Lipinski definition) is 8. The van der Waals surface area contributed by atoms with E-state index in [9.17, 15) is 19.8 Å². The lowest BCUT2D eigenvalue weighted by molar-refractivity contribution is -0.361. The first-order valence-electron chi connectivity index (χ1n) is 15.2. The molecule has 8 nitrogen and oxygen atoms in total. The van der Waals surface area contributed by atoms with Crippen LogP contribution in [-0.2, 0) is 23.7 Å². The number of fused-ring (bicyclic) bond motifs is 3. The highest BCUT2D eigenvalue weighted by Gasteiger charge is 2.79. The molecule has 1 aliphatic heterocycles. The highest BCUT2D eigenvalue weighted by atomic mass is 16.7. The largest absolute Gasteiger partial charge is 0.458 e. The Labute approximate surface area is 248 Å². The Hall–Kier alpha value is -2.52. The molecule has 4 aliphatic carbocycles. The fourth-order valence-corrected chi connectivity index (χ4v) is 9.89. The van der Waals surface area contributed by atoms with Gasteiger partial charge in [0.05, 0.1) is 34.9 Å². The normalized spacial score (nSPS) is 44.1. The van der Waals surface area contributed by atoms with Gasteiger partial charge >= 0.3 is 11.9 Å². The van der Waals surface area contributed by atoms with Crippen LogP contribution < -0.4 is 0 Å². The van der Waals surface area contributed by atoms with Crippen LogP contribution >= 0.6 is 0 Å². The number of benzene rings is 1. The molecule has 0 bridgehead atoms. The molecule has 1 saturated heterocycles. The van der Waals surface area contributed by atoms with Crippen LogP contribution in [0.5, 0.6) is 0 Å². The van der Waals surface area contributed by atoms with E-state index in [0.29, 0.717) is 18.4 Å². The van der Waals surface area contributed by atoms with Gasteiger partial charge in [-0.3, -0.25) is 4.79 Å². The summed E-state index contributed by atoms with van der Waals surface area (Å²) in [6, 6.07) is 8.79. The molecule has 8 heteroatoms. The number of rotatable bonds is 5. The van der Waals surface area contributed by atoms with Crippen molar-refractivity contribution in [3.8, 4) is 0 Å². The lowest BCUT2D eigenvalue weighted by atomic mass is 9.43. The predicted octanol–water partition coefficient (Wildman–Crippen LogP) is 4.73. The zero-order valence-electron chi connectivity index (χ0n) is 25.5. The second kappa shape index (κ2) is 9.74. The molecule has 1 aromatic rings. The van der Waals surface area contributed by atoms with Crippen LogP contribution in [0.15, 0.2) is 54.1 Å². The van der Waals surface area contributed by atoms with Crippen molar-refractivity contribution in [3.05, 3.63) is 59.7 Å². The molecular formula is C34H44O8. The second-order valence-electron chi connectivity index (χ2n) is 14.0. The highest BCUT2D eigenvalue weighted by Crippen LogP contribution is 2.72. The standard InChI is InChI=1S/C34H44O8/c1-8-25-39-24-16-22-14-15-34(22,42-20(4)35)27-29(41-30(37)21-12-10-9-11-13-21)33(31(5,6)38)17-23(36)18(2)26(33)19(3)28(40-25)32(24,27)7/h8-13,19,22-25,27-29,36,38H,1,14-17H2,2-7H3/t19-,22+,23-,24-,25-,27-,28?,29-,32+,33-,34-/m0/s1. The van der Waals surface area contributed by atoms with Gasteiger partial charge in [0.25, 0.3) is 0 Å². The molecule has 11 atom stereocenters. The summed E-state index contributed by atoms with van der Waals surface area (Å²) < 4.78 is 26.3. The van der Waals surface area contributed by atoms with Crippen molar-refractivity contribution in [3.63, 3.8) is 0 Å². The molecule has 0 spiro atoms. The Balaban J connectivity index is 1.67. The minimum Gasteiger partial charge on any atom is -0.458 e. The van der Waals surface area contributed by atoms with E-state index in [-0.39, 0.29) is 24.4 Å². The van der Waals surface area contributed by atoms with Gasteiger partial charge < -0.3 is 29.2 Å². The van der Waals surface area contributed by atoms with Crippen molar-refractivity contribution in [2.45, 2.75) is 109 Å². The van der Waals surface area contributed by atoms with Crippen molar-refractivity contribution in [1.82, 2.24) is 0 Å². The smallest absolute Gasteiger partial charge is 0.338 e. The van der Waals surface area contributed by atoms with Crippen LogP contribution in [0.4, 0.5) is 0 Å². The van der Waals surface area contributed by atoms with Gasteiger partial charge in [0.15, 0.2) is 6.29 Å². The zero-order chi connectivity index (χ0) is 30.4. The molecule has 1 unspecified atom stereocenters. The summed E-state index contributed by atoms with van der Waals surface area (Å²) in [6.07, 6.45) is 0.661.